The van der Waals surface area contributed by atoms with E-state index < -0.39 is 10.0 Å². The van der Waals surface area contributed by atoms with Gasteiger partial charge < -0.3 is 9.64 Å². The Hall–Kier alpha value is -2.66. The molecule has 0 radical (unpaired) electrons. The number of hydrogen-bond acceptors (Lipinski definition) is 4. The highest BCUT2D eigenvalue weighted by molar-refractivity contribution is 7.89. The minimum atomic E-state index is -3.67. The van der Waals surface area contributed by atoms with E-state index >= 15 is 0 Å². The molecular formula is C20H20N2O4S. The first kappa shape index (κ1) is 19.1. The molecule has 6 nitrogen and oxygen atoms in total. The maximum atomic E-state index is 12.8. The zero-order valence-corrected chi connectivity index (χ0v) is 15.5. The molecule has 2 aromatic rings. The molecule has 1 N–H and O–H groups in total. The van der Waals surface area contributed by atoms with Crippen molar-refractivity contribution in [3.05, 3.63) is 65.7 Å². The number of sulfonamides is 1. The fraction of sp³-hybridized carbons (Fsp3) is 0.250. The van der Waals surface area contributed by atoms with Gasteiger partial charge in [-0.25, -0.2) is 8.42 Å². The summed E-state index contributed by atoms with van der Waals surface area (Å²) in [5.74, 6) is 2.07. The molecule has 1 saturated heterocycles. The predicted molar refractivity (Wildman–Crippen MR) is 102 cm³/mol. The second-order valence-electron chi connectivity index (χ2n) is 6.07. The van der Waals surface area contributed by atoms with Gasteiger partial charge in [-0.05, 0) is 29.8 Å². The van der Waals surface area contributed by atoms with Crippen molar-refractivity contribution in [1.82, 2.24) is 9.62 Å². The molecule has 27 heavy (non-hydrogen) atoms. The molecule has 0 spiro atoms. The fourth-order valence-electron chi connectivity index (χ4n) is 2.88. The lowest BCUT2D eigenvalue weighted by atomic mass is 10.1. The summed E-state index contributed by atoms with van der Waals surface area (Å²) in [6.45, 7) is 1.31. The lowest BCUT2D eigenvalue weighted by molar-refractivity contribution is -0.0228. The summed E-state index contributed by atoms with van der Waals surface area (Å²) in [5, 5.41) is 0. The number of morpholine rings is 1. The van der Waals surface area contributed by atoms with Crippen LogP contribution in [0.25, 0.3) is 0 Å². The van der Waals surface area contributed by atoms with Gasteiger partial charge in [-0.3, -0.25) is 4.79 Å². The van der Waals surface area contributed by atoms with E-state index in [9.17, 15) is 13.2 Å². The minimum Gasteiger partial charge on any atom is -0.370 e. The third kappa shape index (κ3) is 4.55. The molecule has 3 rings (SSSR count). The summed E-state index contributed by atoms with van der Waals surface area (Å²) in [7, 11) is -3.67. The van der Waals surface area contributed by atoms with Crippen LogP contribution in [0.1, 0.15) is 22.0 Å². The molecule has 2 aromatic carbocycles. The maximum absolute atomic E-state index is 12.8. The van der Waals surface area contributed by atoms with Gasteiger partial charge in [0, 0.05) is 12.1 Å². The van der Waals surface area contributed by atoms with E-state index in [1.54, 1.807) is 4.90 Å². The van der Waals surface area contributed by atoms with Crippen molar-refractivity contribution in [2.75, 3.05) is 26.2 Å². The van der Waals surface area contributed by atoms with Gasteiger partial charge in [-0.2, -0.15) is 4.72 Å². The molecule has 0 aromatic heterocycles. The van der Waals surface area contributed by atoms with E-state index in [0.717, 1.165) is 5.56 Å². The highest BCUT2D eigenvalue weighted by Gasteiger charge is 2.26. The molecule has 0 saturated carbocycles. The van der Waals surface area contributed by atoms with Crippen LogP contribution in [0.3, 0.4) is 0 Å². The van der Waals surface area contributed by atoms with E-state index in [0.29, 0.717) is 25.3 Å². The lowest BCUT2D eigenvalue weighted by Gasteiger charge is -2.33. The monoisotopic (exact) mass is 384 g/mol. The van der Waals surface area contributed by atoms with E-state index in [4.69, 9.17) is 11.2 Å². The zero-order chi connectivity index (χ0) is 19.3. The Morgan fingerprint density at radius 2 is 1.89 bits per heavy atom. The first-order valence-corrected chi connectivity index (χ1v) is 9.98. The number of carbonyl (C=O) groups is 1. The highest BCUT2D eigenvalue weighted by Crippen LogP contribution is 2.23. The van der Waals surface area contributed by atoms with Gasteiger partial charge in [0.25, 0.3) is 5.91 Å². The van der Waals surface area contributed by atoms with Crippen molar-refractivity contribution in [2.24, 2.45) is 0 Å². The number of benzene rings is 2. The Balaban J connectivity index is 1.71. The van der Waals surface area contributed by atoms with Crippen LogP contribution in [0.2, 0.25) is 0 Å². The van der Waals surface area contributed by atoms with Crippen LogP contribution in [-0.2, 0) is 14.8 Å². The highest BCUT2D eigenvalue weighted by atomic mass is 32.2. The summed E-state index contributed by atoms with van der Waals surface area (Å²) < 4.78 is 32.2. The number of terminal acetylenes is 1. The Kier molecular flexibility index (Phi) is 5.91. The maximum Gasteiger partial charge on any atom is 0.254 e. The second-order valence-corrected chi connectivity index (χ2v) is 7.84. The fourth-order valence-corrected chi connectivity index (χ4v) is 3.82. The zero-order valence-electron chi connectivity index (χ0n) is 14.7. The number of carbonyl (C=O) groups excluding carboxylic acids is 1. The summed E-state index contributed by atoms with van der Waals surface area (Å²) >= 11 is 0. The number of rotatable bonds is 5. The molecule has 1 aliphatic rings. The minimum absolute atomic E-state index is 0.0680. The lowest BCUT2D eigenvalue weighted by Crippen LogP contribution is -2.42. The topological polar surface area (TPSA) is 75.7 Å². The number of amides is 1. The third-order valence-electron chi connectivity index (χ3n) is 4.30. The SMILES string of the molecule is C#CCNS(=O)(=O)c1ccc(C(=O)N2CCOC(c3ccccc3)C2)cc1. The first-order chi connectivity index (χ1) is 13.0. The van der Waals surface area contributed by atoms with Crippen molar-refractivity contribution in [3.63, 3.8) is 0 Å². The molecule has 1 amide bonds. The molecule has 140 valence electrons. The van der Waals surface area contributed by atoms with Crippen LogP contribution in [0.15, 0.2) is 59.5 Å². The van der Waals surface area contributed by atoms with Gasteiger partial charge >= 0.3 is 0 Å². The Labute approximate surface area is 159 Å². The van der Waals surface area contributed by atoms with Gasteiger partial charge in [-0.15, -0.1) is 6.42 Å². The average Bonchev–Trinajstić information content (AvgIpc) is 2.72. The first-order valence-electron chi connectivity index (χ1n) is 8.50. The van der Waals surface area contributed by atoms with Crippen molar-refractivity contribution in [1.29, 1.82) is 0 Å². The van der Waals surface area contributed by atoms with Crippen LogP contribution in [-0.4, -0.2) is 45.5 Å². The van der Waals surface area contributed by atoms with Crippen molar-refractivity contribution in [2.45, 2.75) is 11.0 Å². The van der Waals surface area contributed by atoms with Gasteiger partial charge in [0.2, 0.25) is 10.0 Å². The normalized spacial score (nSPS) is 17.3. The summed E-state index contributed by atoms with van der Waals surface area (Å²) in [6.07, 6.45) is 4.91. The Morgan fingerprint density at radius 1 is 1.19 bits per heavy atom. The molecule has 1 aliphatic heterocycles. The molecular weight excluding hydrogens is 364 g/mol. The average molecular weight is 384 g/mol. The smallest absolute Gasteiger partial charge is 0.254 e. The van der Waals surface area contributed by atoms with Crippen molar-refractivity contribution in [3.8, 4) is 12.3 Å². The van der Waals surface area contributed by atoms with Crippen LogP contribution < -0.4 is 4.72 Å². The van der Waals surface area contributed by atoms with E-state index in [2.05, 4.69) is 10.6 Å². The summed E-state index contributed by atoms with van der Waals surface area (Å²) in [5.41, 5.74) is 1.45. The van der Waals surface area contributed by atoms with Crippen LogP contribution in [0.5, 0.6) is 0 Å². The largest absolute Gasteiger partial charge is 0.370 e. The van der Waals surface area contributed by atoms with Crippen LogP contribution >= 0.6 is 0 Å². The standard InChI is InChI=1S/C20H20N2O4S/c1-2-12-21-27(24,25)18-10-8-17(9-11-18)20(23)22-13-14-26-19(15-22)16-6-4-3-5-7-16/h1,3-11,19,21H,12-15H2. The van der Waals surface area contributed by atoms with Crippen LogP contribution in [0.4, 0.5) is 0 Å². The molecule has 1 fully saturated rings. The molecule has 0 aliphatic carbocycles. The second kappa shape index (κ2) is 8.35. The predicted octanol–water partition coefficient (Wildman–Crippen LogP) is 1.81. The molecule has 1 heterocycles. The number of ether oxygens (including phenoxy) is 1. The van der Waals surface area contributed by atoms with Gasteiger partial charge in [0.1, 0.15) is 6.10 Å². The molecule has 1 unspecified atom stereocenters. The molecule has 1 atom stereocenters. The van der Waals surface area contributed by atoms with Crippen LogP contribution in [0, 0.1) is 12.3 Å². The Bertz CT molecular complexity index is 934. The third-order valence-corrected chi connectivity index (χ3v) is 5.72. The van der Waals surface area contributed by atoms with E-state index in [-0.39, 0.29) is 23.5 Å². The number of nitrogens with one attached hydrogen (secondary N) is 1. The Morgan fingerprint density at radius 3 is 2.56 bits per heavy atom. The van der Waals surface area contributed by atoms with Gasteiger partial charge in [-0.1, -0.05) is 36.3 Å². The van der Waals surface area contributed by atoms with Gasteiger partial charge in [0.05, 0.1) is 24.6 Å². The quantitative estimate of drug-likeness (QED) is 0.798. The van der Waals surface area contributed by atoms with E-state index in [1.165, 1.54) is 24.3 Å². The van der Waals surface area contributed by atoms with Crippen molar-refractivity contribution < 1.29 is 17.9 Å². The van der Waals surface area contributed by atoms with Gasteiger partial charge in [0.15, 0.2) is 0 Å². The van der Waals surface area contributed by atoms with E-state index in [1.807, 2.05) is 30.3 Å². The number of nitrogens with zero attached hydrogens (tertiary/aromatic N) is 1. The summed E-state index contributed by atoms with van der Waals surface area (Å²) in [6, 6.07) is 15.6. The molecule has 0 bridgehead atoms. The number of hydrogen-bond donors (Lipinski definition) is 1. The summed E-state index contributed by atoms with van der Waals surface area (Å²) in [4.78, 5) is 14.6. The molecule has 7 heteroatoms. The van der Waals surface area contributed by atoms with Crippen molar-refractivity contribution >= 4 is 15.9 Å².